The van der Waals surface area contributed by atoms with Crippen molar-refractivity contribution in [1.82, 2.24) is 4.90 Å². The third-order valence-corrected chi connectivity index (χ3v) is 6.76. The number of rotatable bonds is 12. The molecule has 0 spiro atoms. The quantitative estimate of drug-likeness (QED) is 0.204. The second-order valence-corrected chi connectivity index (χ2v) is 9.65. The first-order valence-electron chi connectivity index (χ1n) is 13.5. The van der Waals surface area contributed by atoms with Crippen LogP contribution in [0.25, 0.3) is 0 Å². The van der Waals surface area contributed by atoms with Gasteiger partial charge in [0.1, 0.15) is 5.75 Å². The summed E-state index contributed by atoms with van der Waals surface area (Å²) in [6, 6.07) is 25.5. The summed E-state index contributed by atoms with van der Waals surface area (Å²) in [6.07, 6.45) is 3.76. The Balaban J connectivity index is 1.71. The summed E-state index contributed by atoms with van der Waals surface area (Å²) in [6.45, 7) is 5.72. The van der Waals surface area contributed by atoms with Gasteiger partial charge < -0.3 is 20.1 Å². The van der Waals surface area contributed by atoms with Gasteiger partial charge in [-0.05, 0) is 78.8 Å². The zero-order chi connectivity index (χ0) is 27.2. The van der Waals surface area contributed by atoms with Gasteiger partial charge in [0.05, 0.1) is 7.11 Å². The Bertz CT molecular complexity index is 1160. The molecule has 2 atom stereocenters. The summed E-state index contributed by atoms with van der Waals surface area (Å²) in [7, 11) is 1.62. The maximum atomic E-state index is 13.3. The van der Waals surface area contributed by atoms with Crippen molar-refractivity contribution in [2.45, 2.75) is 45.4 Å². The molecule has 38 heavy (non-hydrogen) atoms. The van der Waals surface area contributed by atoms with Crippen molar-refractivity contribution < 1.29 is 14.6 Å². The fourth-order valence-corrected chi connectivity index (χ4v) is 4.58. The highest BCUT2D eigenvalue weighted by Gasteiger charge is 2.24. The van der Waals surface area contributed by atoms with Crippen LogP contribution in [0.3, 0.4) is 0 Å². The molecule has 0 saturated carbocycles. The number of unbranched alkanes of at least 4 members (excludes halogenated alkanes) is 2. The average Bonchev–Trinajstić information content (AvgIpc) is 2.95. The number of hydrogen-bond donors (Lipinski definition) is 2. The highest BCUT2D eigenvalue weighted by molar-refractivity contribution is 5.89. The zero-order valence-corrected chi connectivity index (χ0v) is 22.8. The number of benzene rings is 3. The Morgan fingerprint density at radius 2 is 1.61 bits per heavy atom. The van der Waals surface area contributed by atoms with E-state index in [4.69, 9.17) is 4.74 Å². The van der Waals surface area contributed by atoms with Crippen molar-refractivity contribution in [1.29, 1.82) is 0 Å². The van der Waals surface area contributed by atoms with E-state index < -0.39 is 0 Å². The van der Waals surface area contributed by atoms with Gasteiger partial charge in [-0.2, -0.15) is 0 Å². The minimum Gasteiger partial charge on any atom is -0.497 e. The van der Waals surface area contributed by atoms with Crippen LogP contribution < -0.4 is 10.1 Å². The Kier molecular flexibility index (Phi) is 11.7. The van der Waals surface area contributed by atoms with Crippen molar-refractivity contribution in [2.75, 3.05) is 32.1 Å². The van der Waals surface area contributed by atoms with Gasteiger partial charge in [0.15, 0.2) is 0 Å². The summed E-state index contributed by atoms with van der Waals surface area (Å²) >= 11 is 0. The van der Waals surface area contributed by atoms with Gasteiger partial charge in [0.2, 0.25) is 0 Å². The minimum absolute atomic E-state index is 0.0957. The van der Waals surface area contributed by atoms with Gasteiger partial charge in [-0.1, -0.05) is 68.9 Å². The molecule has 3 aromatic carbocycles. The molecule has 3 rings (SSSR count). The lowest BCUT2D eigenvalue weighted by molar-refractivity contribution is 0.190. The van der Waals surface area contributed by atoms with Gasteiger partial charge in [0.25, 0.3) is 0 Å². The van der Waals surface area contributed by atoms with E-state index in [1.807, 2.05) is 71.6 Å². The SMILES string of the molecule is CCCCCN(CC(C)[C@H](CCO)c1ccc(C#Cc2ccccc2)cc1)C(=O)Nc1ccc(OC)cc1. The van der Waals surface area contributed by atoms with Crippen LogP contribution in [0.2, 0.25) is 0 Å². The van der Waals surface area contributed by atoms with Crippen LogP contribution in [-0.2, 0) is 0 Å². The highest BCUT2D eigenvalue weighted by Crippen LogP contribution is 2.29. The minimum atomic E-state index is -0.104. The number of aliphatic hydroxyl groups excluding tert-OH is 1. The van der Waals surface area contributed by atoms with E-state index in [1.54, 1.807) is 7.11 Å². The molecular weight excluding hydrogens is 472 g/mol. The summed E-state index contributed by atoms with van der Waals surface area (Å²) < 4.78 is 5.22. The van der Waals surface area contributed by atoms with Crippen molar-refractivity contribution in [3.63, 3.8) is 0 Å². The maximum Gasteiger partial charge on any atom is 0.321 e. The summed E-state index contributed by atoms with van der Waals surface area (Å²) in [5, 5.41) is 12.9. The number of nitrogens with one attached hydrogen (secondary N) is 1. The van der Waals surface area contributed by atoms with Gasteiger partial charge in [-0.25, -0.2) is 4.79 Å². The molecular formula is C33H40N2O3. The van der Waals surface area contributed by atoms with Crippen LogP contribution >= 0.6 is 0 Å². The fraction of sp³-hybridized carbons (Fsp3) is 0.364. The number of amides is 2. The van der Waals surface area contributed by atoms with Crippen molar-refractivity contribution in [3.8, 4) is 17.6 Å². The summed E-state index contributed by atoms with van der Waals surface area (Å²) in [5.74, 6) is 7.46. The predicted octanol–water partition coefficient (Wildman–Crippen LogP) is 6.92. The van der Waals surface area contributed by atoms with Crippen LogP contribution in [0.5, 0.6) is 5.75 Å². The summed E-state index contributed by atoms with van der Waals surface area (Å²) in [4.78, 5) is 15.2. The second-order valence-electron chi connectivity index (χ2n) is 9.65. The van der Waals surface area contributed by atoms with E-state index in [0.29, 0.717) is 19.5 Å². The molecule has 0 aliphatic carbocycles. The summed E-state index contributed by atoms with van der Waals surface area (Å²) in [5.41, 5.74) is 3.83. The molecule has 0 aromatic heterocycles. The second kappa shape index (κ2) is 15.5. The van der Waals surface area contributed by atoms with Gasteiger partial charge in [0, 0.05) is 36.5 Å². The van der Waals surface area contributed by atoms with Crippen LogP contribution in [0.1, 0.15) is 62.1 Å². The highest BCUT2D eigenvalue weighted by atomic mass is 16.5. The molecule has 5 nitrogen and oxygen atoms in total. The molecule has 0 fully saturated rings. The number of methoxy groups -OCH3 is 1. The Hall–Kier alpha value is -3.75. The van der Waals surface area contributed by atoms with Crippen LogP contribution in [0.4, 0.5) is 10.5 Å². The molecule has 2 N–H and O–H groups in total. The number of urea groups is 1. The zero-order valence-electron chi connectivity index (χ0n) is 22.8. The van der Waals surface area contributed by atoms with Gasteiger partial charge in [-0.15, -0.1) is 0 Å². The van der Waals surface area contributed by atoms with Crippen LogP contribution in [0, 0.1) is 17.8 Å². The smallest absolute Gasteiger partial charge is 0.321 e. The monoisotopic (exact) mass is 512 g/mol. The Morgan fingerprint density at radius 3 is 2.21 bits per heavy atom. The molecule has 0 bridgehead atoms. The number of hydrogen-bond acceptors (Lipinski definition) is 3. The predicted molar refractivity (Wildman–Crippen MR) is 156 cm³/mol. The molecule has 0 heterocycles. The Labute approximate surface area is 227 Å². The topological polar surface area (TPSA) is 61.8 Å². The number of nitrogens with zero attached hydrogens (tertiary/aromatic N) is 1. The molecule has 2 amide bonds. The lowest BCUT2D eigenvalue weighted by atomic mass is 9.84. The van der Waals surface area contributed by atoms with E-state index >= 15 is 0 Å². The van der Waals surface area contributed by atoms with E-state index in [2.05, 4.69) is 43.1 Å². The third-order valence-electron chi connectivity index (χ3n) is 6.76. The standard InChI is InChI=1S/C33H40N2O3/c1-4-5-9-23-35(33(37)34-30-18-20-31(38-3)21-19-30)25-26(2)32(22-24-36)29-16-14-28(15-17-29)13-12-27-10-7-6-8-11-27/h6-8,10-11,14-21,26,32,36H,4-5,9,22-25H2,1-3H3,(H,34,37)/t26?,32-/m0/s1. The molecule has 3 aromatic rings. The van der Waals surface area contributed by atoms with Crippen molar-refractivity contribution >= 4 is 11.7 Å². The van der Waals surface area contributed by atoms with E-state index in [9.17, 15) is 9.90 Å². The number of aliphatic hydroxyl groups is 1. The normalized spacial score (nSPS) is 12.1. The first-order chi connectivity index (χ1) is 18.5. The third kappa shape index (κ3) is 8.97. The first-order valence-corrected chi connectivity index (χ1v) is 13.5. The van der Waals surface area contributed by atoms with E-state index in [1.165, 1.54) is 0 Å². The number of carbonyl (C=O) groups is 1. The lowest BCUT2D eigenvalue weighted by Gasteiger charge is -2.31. The molecule has 200 valence electrons. The lowest BCUT2D eigenvalue weighted by Crippen LogP contribution is -2.40. The molecule has 5 heteroatoms. The van der Waals surface area contributed by atoms with Crippen LogP contribution in [0.15, 0.2) is 78.9 Å². The molecule has 1 unspecified atom stereocenters. The number of anilines is 1. The maximum absolute atomic E-state index is 13.3. The molecule has 0 aliphatic rings. The Morgan fingerprint density at radius 1 is 0.947 bits per heavy atom. The molecule has 0 saturated heterocycles. The van der Waals surface area contributed by atoms with Crippen LogP contribution in [-0.4, -0.2) is 42.8 Å². The van der Waals surface area contributed by atoms with E-state index in [0.717, 1.165) is 47.4 Å². The van der Waals surface area contributed by atoms with E-state index in [-0.39, 0.29) is 24.5 Å². The van der Waals surface area contributed by atoms with Gasteiger partial charge >= 0.3 is 6.03 Å². The van der Waals surface area contributed by atoms with Crippen molar-refractivity contribution in [2.24, 2.45) is 5.92 Å². The fourth-order valence-electron chi connectivity index (χ4n) is 4.58. The largest absolute Gasteiger partial charge is 0.497 e. The van der Waals surface area contributed by atoms with Crippen molar-refractivity contribution in [3.05, 3.63) is 95.6 Å². The average molecular weight is 513 g/mol. The van der Waals surface area contributed by atoms with Gasteiger partial charge in [-0.3, -0.25) is 0 Å². The molecule has 0 radical (unpaired) electrons. The first kappa shape index (κ1) is 28.8. The number of carbonyl (C=O) groups excluding carboxylic acids is 1. The molecule has 0 aliphatic heterocycles. The number of ether oxygens (including phenoxy) is 1.